The van der Waals surface area contributed by atoms with Crippen molar-refractivity contribution < 1.29 is 26.8 Å². The third-order valence-electron chi connectivity index (χ3n) is 7.82. The highest BCUT2D eigenvalue weighted by atomic mass is 32.2. The van der Waals surface area contributed by atoms with Crippen molar-refractivity contribution in [1.29, 1.82) is 0 Å². The Kier molecular flexibility index (Phi) is 8.04. The van der Waals surface area contributed by atoms with Crippen molar-refractivity contribution in [1.82, 2.24) is 15.2 Å². The first kappa shape index (κ1) is 29.9. The maximum atomic E-state index is 13.7. The van der Waals surface area contributed by atoms with E-state index < -0.39 is 21.7 Å². The number of hydrazine groups is 1. The number of carbonyl (C=O) groups is 2. The second-order valence-corrected chi connectivity index (χ2v) is 12.5. The molecule has 1 fully saturated rings. The van der Waals surface area contributed by atoms with E-state index in [1.807, 2.05) is 0 Å². The van der Waals surface area contributed by atoms with Crippen LogP contribution in [0.1, 0.15) is 34.7 Å². The molecule has 13 heteroatoms. The van der Waals surface area contributed by atoms with E-state index in [1.165, 1.54) is 53.9 Å². The average Bonchev–Trinajstić information content (AvgIpc) is 3.38. The van der Waals surface area contributed by atoms with E-state index in [-0.39, 0.29) is 23.1 Å². The molecule has 2 amide bonds. The number of carbonyl (C=O) groups excluding carboxylic acids is 2. The Hall–Kier alpha value is -4.62. The molecule has 3 aromatic rings. The highest BCUT2D eigenvalue weighted by molar-refractivity contribution is 7.92. The van der Waals surface area contributed by atoms with Crippen molar-refractivity contribution >= 4 is 38.5 Å². The molecular formula is C30H33FN6O5S. The molecule has 0 aliphatic carbocycles. The number of nitrogens with one attached hydrogen (secondary N) is 1. The molecule has 5 N–H and O–H groups in total. The predicted octanol–water partition coefficient (Wildman–Crippen LogP) is 3.13. The molecule has 1 saturated heterocycles. The Balaban J connectivity index is 1.63. The van der Waals surface area contributed by atoms with Gasteiger partial charge in [-0.25, -0.2) is 18.7 Å². The minimum atomic E-state index is -3.69. The topological polar surface area (TPSA) is 155 Å². The van der Waals surface area contributed by atoms with Crippen molar-refractivity contribution in [2.75, 3.05) is 37.7 Å². The number of sulfonamides is 1. The summed E-state index contributed by atoms with van der Waals surface area (Å²) in [5.41, 5.74) is 8.60. The molecule has 1 atom stereocenters. The van der Waals surface area contributed by atoms with Gasteiger partial charge in [0.15, 0.2) is 0 Å². The van der Waals surface area contributed by atoms with Gasteiger partial charge in [-0.05, 0) is 60.9 Å². The second-order valence-electron chi connectivity index (χ2n) is 10.5. The highest BCUT2D eigenvalue weighted by Crippen LogP contribution is 2.42. The Labute approximate surface area is 248 Å². The smallest absolute Gasteiger partial charge is 0.255 e. The van der Waals surface area contributed by atoms with Gasteiger partial charge in [-0.3, -0.25) is 18.9 Å². The van der Waals surface area contributed by atoms with E-state index in [1.54, 1.807) is 35.4 Å². The van der Waals surface area contributed by atoms with Crippen LogP contribution in [0.5, 0.6) is 0 Å². The number of nitrogens with zero attached hydrogens (tertiary/aromatic N) is 3. The van der Waals surface area contributed by atoms with Gasteiger partial charge in [0.05, 0.1) is 23.2 Å². The Bertz CT molecular complexity index is 1800. The largest absolute Gasteiger partial charge is 0.455 e. The number of halogens is 1. The molecule has 43 heavy (non-hydrogen) atoms. The fraction of sp³-hybridized carbons (Fsp3) is 0.267. The predicted molar refractivity (Wildman–Crippen MR) is 162 cm³/mol. The van der Waals surface area contributed by atoms with Crippen molar-refractivity contribution in [2.45, 2.75) is 18.8 Å². The zero-order valence-electron chi connectivity index (χ0n) is 24.0. The molecule has 0 spiro atoms. The average molecular weight is 609 g/mol. The van der Waals surface area contributed by atoms with Crippen LogP contribution < -0.4 is 21.2 Å². The van der Waals surface area contributed by atoms with Crippen LogP contribution in [0.3, 0.4) is 0 Å². The zero-order valence-corrected chi connectivity index (χ0v) is 24.8. The lowest BCUT2D eigenvalue weighted by Crippen LogP contribution is -2.41. The maximum absolute atomic E-state index is 13.7. The van der Waals surface area contributed by atoms with Crippen molar-refractivity contribution in [3.8, 4) is 11.3 Å². The summed E-state index contributed by atoms with van der Waals surface area (Å²) in [4.78, 5) is 28.4. The van der Waals surface area contributed by atoms with Gasteiger partial charge in [-0.15, -0.1) is 0 Å². The number of benzene rings is 2. The SMILES string of the molecule is CNC(=O)c1c(-c2ccc(F)cc2)oc2cc(N(C)S(C)(=O)=O)c([C@H]3CCCN(C(=O)C4=C/C(=C/N)N(N)C=C4)C3)cc12. The molecule has 2 aliphatic heterocycles. The van der Waals surface area contributed by atoms with Crippen LogP contribution in [0.25, 0.3) is 22.3 Å². The highest BCUT2D eigenvalue weighted by Gasteiger charge is 2.32. The molecule has 3 heterocycles. The summed E-state index contributed by atoms with van der Waals surface area (Å²) in [7, 11) is -0.744. The lowest BCUT2D eigenvalue weighted by molar-refractivity contribution is -0.128. The summed E-state index contributed by atoms with van der Waals surface area (Å²) in [5, 5.41) is 4.43. The van der Waals surface area contributed by atoms with Crippen LogP contribution in [0, 0.1) is 5.82 Å². The number of fused-ring (bicyclic) bond motifs is 1. The van der Waals surface area contributed by atoms with Gasteiger partial charge < -0.3 is 20.4 Å². The number of likely N-dealkylation sites (tertiary alicyclic amines) is 1. The first-order chi connectivity index (χ1) is 20.4. The second kappa shape index (κ2) is 11.6. The molecule has 1 aromatic heterocycles. The standard InChI is InChI=1S/C30H33FN6O5S/c1-34-29(38)27-24-14-23(20-5-4-11-36(17-20)30(39)19-10-12-37(33)22(13-19)16-32)25(35(2)43(3,40)41)15-26(24)42-28(27)18-6-8-21(31)9-7-18/h6-10,12-16,20H,4-5,11,17,32-33H2,1-3H3,(H,34,38)/b22-16-/t20-/m0/s1. The maximum Gasteiger partial charge on any atom is 0.255 e. The van der Waals surface area contributed by atoms with Crippen LogP contribution in [-0.4, -0.2) is 63.6 Å². The summed E-state index contributed by atoms with van der Waals surface area (Å²) in [6.07, 6.45) is 8.55. The van der Waals surface area contributed by atoms with E-state index in [0.717, 1.165) is 6.26 Å². The number of hydrogen-bond donors (Lipinski definition) is 3. The molecule has 2 aliphatic rings. The number of rotatable bonds is 6. The number of nitrogens with two attached hydrogens (primary N) is 2. The molecule has 0 unspecified atom stereocenters. The quantitative estimate of drug-likeness (QED) is 0.361. The molecular weight excluding hydrogens is 575 g/mol. The Morgan fingerprint density at radius 2 is 1.93 bits per heavy atom. The van der Waals surface area contributed by atoms with Gasteiger partial charge in [0.25, 0.3) is 11.8 Å². The molecule has 226 valence electrons. The third-order valence-corrected chi connectivity index (χ3v) is 9.01. The number of amides is 2. The van der Waals surface area contributed by atoms with Crippen LogP contribution in [0.2, 0.25) is 0 Å². The summed E-state index contributed by atoms with van der Waals surface area (Å²) in [6.45, 7) is 0.823. The normalized spacial score (nSPS) is 18.2. The molecule has 0 saturated carbocycles. The van der Waals surface area contributed by atoms with Crippen LogP contribution >= 0.6 is 0 Å². The number of anilines is 1. The van der Waals surface area contributed by atoms with Gasteiger partial charge in [-0.2, -0.15) is 0 Å². The lowest BCUT2D eigenvalue weighted by Gasteiger charge is -2.35. The molecule has 0 radical (unpaired) electrons. The van der Waals surface area contributed by atoms with E-state index in [4.69, 9.17) is 16.0 Å². The molecule has 5 rings (SSSR count). The van der Waals surface area contributed by atoms with Gasteiger partial charge in [-0.1, -0.05) is 0 Å². The molecule has 11 nitrogen and oxygen atoms in total. The zero-order chi connectivity index (χ0) is 31.1. The van der Waals surface area contributed by atoms with E-state index in [0.29, 0.717) is 65.0 Å². The number of hydrogen-bond acceptors (Lipinski definition) is 8. The van der Waals surface area contributed by atoms with E-state index in [2.05, 4.69) is 5.32 Å². The fourth-order valence-corrected chi connectivity index (χ4v) is 5.99. The van der Waals surface area contributed by atoms with Crippen LogP contribution in [-0.2, 0) is 14.8 Å². The molecule has 2 aromatic carbocycles. The monoisotopic (exact) mass is 608 g/mol. The fourth-order valence-electron chi connectivity index (χ4n) is 5.48. The van der Waals surface area contributed by atoms with Gasteiger partial charge >= 0.3 is 0 Å². The first-order valence-electron chi connectivity index (χ1n) is 13.6. The third kappa shape index (κ3) is 5.73. The number of allylic oxidation sites excluding steroid dienone is 1. The summed E-state index contributed by atoms with van der Waals surface area (Å²) < 4.78 is 46.5. The van der Waals surface area contributed by atoms with Crippen LogP contribution in [0.15, 0.2) is 76.6 Å². The summed E-state index contributed by atoms with van der Waals surface area (Å²) in [6, 6.07) is 8.94. The van der Waals surface area contributed by atoms with E-state index in [9.17, 15) is 22.4 Å². The Morgan fingerprint density at radius 1 is 1.21 bits per heavy atom. The summed E-state index contributed by atoms with van der Waals surface area (Å²) >= 11 is 0. The minimum Gasteiger partial charge on any atom is -0.455 e. The van der Waals surface area contributed by atoms with Crippen molar-refractivity contribution in [3.05, 3.63) is 89.2 Å². The van der Waals surface area contributed by atoms with Crippen molar-refractivity contribution in [3.63, 3.8) is 0 Å². The van der Waals surface area contributed by atoms with Gasteiger partial charge in [0.2, 0.25) is 10.0 Å². The van der Waals surface area contributed by atoms with E-state index >= 15 is 0 Å². The van der Waals surface area contributed by atoms with Gasteiger partial charge in [0.1, 0.15) is 17.2 Å². The lowest BCUT2D eigenvalue weighted by atomic mass is 9.87. The van der Waals surface area contributed by atoms with Crippen LogP contribution in [0.4, 0.5) is 10.1 Å². The van der Waals surface area contributed by atoms with Gasteiger partial charge in [0, 0.05) is 68.1 Å². The molecule has 0 bridgehead atoms. The number of piperidine rings is 1. The van der Waals surface area contributed by atoms with Crippen molar-refractivity contribution in [2.24, 2.45) is 11.6 Å². The summed E-state index contributed by atoms with van der Waals surface area (Å²) in [5.74, 6) is 4.78. The Morgan fingerprint density at radius 3 is 2.58 bits per heavy atom. The number of furan rings is 1. The first-order valence-corrected chi connectivity index (χ1v) is 15.4. The minimum absolute atomic E-state index is 0.208.